The van der Waals surface area contributed by atoms with Crippen LogP contribution < -0.4 is 5.32 Å². The van der Waals surface area contributed by atoms with E-state index in [1.54, 1.807) is 19.2 Å². The number of aryl methyl sites for hydroxylation is 1. The normalized spacial score (nSPS) is 10.9. The van der Waals surface area contributed by atoms with Gasteiger partial charge in [0.1, 0.15) is 5.78 Å². The van der Waals surface area contributed by atoms with Crippen molar-refractivity contribution in [2.75, 3.05) is 0 Å². The third-order valence-corrected chi connectivity index (χ3v) is 5.21. The Bertz CT molecular complexity index is 799. The smallest absolute Gasteiger partial charge is 0.300 e. The highest BCUT2D eigenvalue weighted by molar-refractivity contribution is 7.90. The molecule has 8 nitrogen and oxygen atoms in total. The quantitative estimate of drug-likeness (QED) is 0.770. The number of hydrogen-bond acceptors (Lipinski definition) is 6. The van der Waals surface area contributed by atoms with Crippen molar-refractivity contribution in [1.29, 1.82) is 0 Å². The van der Waals surface area contributed by atoms with Gasteiger partial charge in [0.05, 0.1) is 4.90 Å². The van der Waals surface area contributed by atoms with E-state index in [4.69, 9.17) is 0 Å². The van der Waals surface area contributed by atoms with E-state index >= 15 is 0 Å². The molecule has 0 aliphatic heterocycles. The molecule has 0 saturated heterocycles. The predicted molar refractivity (Wildman–Crippen MR) is 93.6 cm³/mol. The van der Waals surface area contributed by atoms with Crippen LogP contribution >= 0.6 is 0 Å². The molecule has 0 spiro atoms. The summed E-state index contributed by atoms with van der Waals surface area (Å²) in [5.74, 6) is -1.87. The summed E-state index contributed by atoms with van der Waals surface area (Å²) in [7, 11) is -4.48. The lowest BCUT2D eigenvalue weighted by molar-refractivity contribution is -0.124. The molecule has 0 radical (unpaired) electrons. The van der Waals surface area contributed by atoms with Gasteiger partial charge in [0.2, 0.25) is 11.8 Å². The Labute approximate surface area is 152 Å². The Morgan fingerprint density at radius 2 is 1.62 bits per heavy atom. The fourth-order valence-electron chi connectivity index (χ4n) is 2.09. The van der Waals surface area contributed by atoms with Crippen LogP contribution in [0.1, 0.15) is 45.1 Å². The molecular formula is C17H22N2O6S. The molecule has 0 unspecified atom stereocenters. The number of amides is 4. The van der Waals surface area contributed by atoms with Crippen molar-refractivity contribution in [3.05, 3.63) is 29.8 Å². The molecular weight excluding hydrogens is 360 g/mol. The van der Waals surface area contributed by atoms with Crippen molar-refractivity contribution in [3.63, 3.8) is 0 Å². The first-order valence-electron chi connectivity index (χ1n) is 8.07. The number of imide groups is 2. The van der Waals surface area contributed by atoms with Crippen LogP contribution in [-0.4, -0.2) is 36.4 Å². The first-order chi connectivity index (χ1) is 12.1. The molecule has 0 saturated carbocycles. The second-order valence-corrected chi connectivity index (χ2v) is 7.50. The molecule has 26 heavy (non-hydrogen) atoms. The maximum absolute atomic E-state index is 12.7. The second kappa shape index (κ2) is 9.23. The van der Waals surface area contributed by atoms with E-state index in [1.807, 2.05) is 0 Å². The number of ketones is 1. The molecule has 142 valence electrons. The summed E-state index contributed by atoms with van der Waals surface area (Å²) in [5.41, 5.74) is 0.799. The number of urea groups is 1. The first kappa shape index (κ1) is 21.5. The molecule has 0 aliphatic rings. The molecule has 0 bridgehead atoms. The average Bonchev–Trinajstić information content (AvgIpc) is 2.54. The summed E-state index contributed by atoms with van der Waals surface area (Å²) in [6.07, 6.45) is 0.209. The lowest BCUT2D eigenvalue weighted by Gasteiger charge is -2.20. The van der Waals surface area contributed by atoms with Gasteiger partial charge in [-0.05, 0) is 25.5 Å². The summed E-state index contributed by atoms with van der Waals surface area (Å²) in [6.45, 7) is 4.46. The molecule has 0 atom stereocenters. The van der Waals surface area contributed by atoms with Crippen LogP contribution in [-0.2, 0) is 24.4 Å². The maximum Gasteiger partial charge on any atom is 0.345 e. The lowest BCUT2D eigenvalue weighted by Crippen LogP contribution is -2.48. The van der Waals surface area contributed by atoms with Gasteiger partial charge in [0.25, 0.3) is 10.0 Å². The monoisotopic (exact) mass is 382 g/mol. The van der Waals surface area contributed by atoms with E-state index in [-0.39, 0.29) is 34.2 Å². The molecule has 9 heteroatoms. The minimum Gasteiger partial charge on any atom is -0.300 e. The van der Waals surface area contributed by atoms with Gasteiger partial charge >= 0.3 is 6.03 Å². The number of rotatable bonds is 7. The van der Waals surface area contributed by atoms with Crippen LogP contribution in [0.15, 0.2) is 29.2 Å². The van der Waals surface area contributed by atoms with Gasteiger partial charge < -0.3 is 0 Å². The summed E-state index contributed by atoms with van der Waals surface area (Å²) < 4.78 is 25.5. The van der Waals surface area contributed by atoms with Crippen molar-refractivity contribution in [2.45, 2.75) is 51.3 Å². The number of nitrogens with zero attached hydrogens (tertiary/aromatic N) is 1. The zero-order valence-electron chi connectivity index (χ0n) is 14.9. The van der Waals surface area contributed by atoms with Crippen LogP contribution in [0.25, 0.3) is 0 Å². The van der Waals surface area contributed by atoms with Crippen LogP contribution in [0.3, 0.4) is 0 Å². The predicted octanol–water partition coefficient (Wildman–Crippen LogP) is 1.92. The zero-order valence-corrected chi connectivity index (χ0v) is 15.8. The SMILES string of the molecule is CCC(=O)CCCC(=O)N(C(=O)NC(C)=O)S(=O)(=O)c1ccc(C)cc1. The molecule has 0 aliphatic carbocycles. The Kier molecular flexibility index (Phi) is 7.63. The summed E-state index contributed by atoms with van der Waals surface area (Å²) in [6, 6.07) is 4.25. The fourth-order valence-corrected chi connectivity index (χ4v) is 3.40. The Balaban J connectivity index is 3.13. The van der Waals surface area contributed by atoms with Crippen LogP contribution in [0.2, 0.25) is 0 Å². The number of carbonyl (C=O) groups is 4. The van der Waals surface area contributed by atoms with Gasteiger partial charge in [0.15, 0.2) is 0 Å². The Morgan fingerprint density at radius 3 is 2.12 bits per heavy atom. The van der Waals surface area contributed by atoms with Crippen LogP contribution in [0.4, 0.5) is 4.79 Å². The largest absolute Gasteiger partial charge is 0.345 e. The second-order valence-electron chi connectivity index (χ2n) is 5.71. The highest BCUT2D eigenvalue weighted by Gasteiger charge is 2.35. The first-order valence-corrected chi connectivity index (χ1v) is 9.51. The van der Waals surface area contributed by atoms with E-state index < -0.39 is 27.9 Å². The lowest BCUT2D eigenvalue weighted by atomic mass is 10.1. The Morgan fingerprint density at radius 1 is 1.04 bits per heavy atom. The summed E-state index contributed by atoms with van der Waals surface area (Å²) in [5, 5.41) is 1.80. The van der Waals surface area contributed by atoms with E-state index in [0.717, 1.165) is 12.5 Å². The minimum atomic E-state index is -4.48. The van der Waals surface area contributed by atoms with Gasteiger partial charge in [-0.25, -0.2) is 13.2 Å². The number of benzene rings is 1. The number of hydrogen-bond donors (Lipinski definition) is 1. The van der Waals surface area contributed by atoms with Crippen LogP contribution in [0.5, 0.6) is 0 Å². The topological polar surface area (TPSA) is 118 Å². The van der Waals surface area contributed by atoms with Crippen molar-refractivity contribution in [3.8, 4) is 0 Å². The highest BCUT2D eigenvalue weighted by Crippen LogP contribution is 2.18. The molecule has 0 heterocycles. The van der Waals surface area contributed by atoms with Gasteiger partial charge in [0, 0.05) is 26.2 Å². The van der Waals surface area contributed by atoms with Crippen molar-refractivity contribution >= 4 is 33.7 Å². The molecule has 1 aromatic carbocycles. The van der Waals surface area contributed by atoms with E-state index in [1.165, 1.54) is 24.3 Å². The third kappa shape index (κ3) is 5.76. The van der Waals surface area contributed by atoms with Crippen molar-refractivity contribution < 1.29 is 27.6 Å². The van der Waals surface area contributed by atoms with E-state index in [2.05, 4.69) is 0 Å². The maximum atomic E-state index is 12.7. The summed E-state index contributed by atoms with van der Waals surface area (Å²) in [4.78, 5) is 46.7. The van der Waals surface area contributed by atoms with Crippen molar-refractivity contribution in [1.82, 2.24) is 9.62 Å². The molecule has 0 fully saturated rings. The number of nitrogens with one attached hydrogen (secondary N) is 1. The molecule has 1 N–H and O–H groups in total. The molecule has 4 amide bonds. The van der Waals surface area contributed by atoms with Gasteiger partial charge in [-0.1, -0.05) is 24.6 Å². The number of sulfonamides is 1. The molecule has 0 aromatic heterocycles. The number of carbonyl (C=O) groups excluding carboxylic acids is 4. The average molecular weight is 382 g/mol. The van der Waals surface area contributed by atoms with Crippen LogP contribution in [0, 0.1) is 6.92 Å². The van der Waals surface area contributed by atoms with Crippen molar-refractivity contribution in [2.24, 2.45) is 0 Å². The third-order valence-electron chi connectivity index (χ3n) is 3.49. The van der Waals surface area contributed by atoms with E-state index in [9.17, 15) is 27.6 Å². The van der Waals surface area contributed by atoms with Gasteiger partial charge in [-0.2, -0.15) is 4.31 Å². The summed E-state index contributed by atoms with van der Waals surface area (Å²) >= 11 is 0. The van der Waals surface area contributed by atoms with E-state index in [0.29, 0.717) is 6.42 Å². The Hall–Kier alpha value is -2.55. The fraction of sp³-hybridized carbons (Fsp3) is 0.412. The minimum absolute atomic E-state index is 0.0511. The molecule has 1 rings (SSSR count). The number of Topliss-reactive ketones (excluding diaryl/α,β-unsaturated/α-hetero) is 1. The van der Waals surface area contributed by atoms with Gasteiger partial charge in [-0.3, -0.25) is 19.7 Å². The zero-order chi connectivity index (χ0) is 19.9. The molecule has 1 aromatic rings. The standard InChI is InChI=1S/C17H22N2O6S/c1-4-14(21)6-5-7-16(22)19(17(23)18-13(3)20)26(24,25)15-10-8-12(2)9-11-15/h8-11H,4-7H2,1-3H3,(H,18,20,23). The highest BCUT2D eigenvalue weighted by atomic mass is 32.2. The van der Waals surface area contributed by atoms with Gasteiger partial charge in [-0.15, -0.1) is 0 Å².